The molecule has 0 bridgehead atoms. The molecule has 31 heavy (non-hydrogen) atoms. The molecular weight excluding hydrogens is 554 g/mol. The monoisotopic (exact) mass is 596 g/mol. The first-order valence-electron chi connectivity index (χ1n) is 10.3. The Bertz CT molecular complexity index is 678. The predicted octanol–water partition coefficient (Wildman–Crippen LogP) is 7.34. The Morgan fingerprint density at radius 3 is 1.48 bits per heavy atom. The van der Waals surface area contributed by atoms with Crippen LogP contribution in [0.1, 0.15) is 68.3 Å². The number of hydrogen-bond acceptors (Lipinski definition) is 0. The van der Waals surface area contributed by atoms with Crippen molar-refractivity contribution >= 4 is 0 Å². The zero-order valence-corrected chi connectivity index (χ0v) is 23.9. The summed E-state index contributed by atoms with van der Waals surface area (Å²) in [7, 11) is 0. The molecule has 0 saturated carbocycles. The van der Waals surface area contributed by atoms with Crippen LogP contribution in [0.25, 0.3) is 0 Å². The van der Waals surface area contributed by atoms with Crippen molar-refractivity contribution in [2.24, 2.45) is 0 Å². The smallest absolute Gasteiger partial charge is 0.481 e. The van der Waals surface area contributed by atoms with Gasteiger partial charge in [0, 0.05) is 0 Å². The maximum Gasteiger partial charge on any atom is 2.00 e. The molecule has 2 aromatic rings. The molecule has 0 aliphatic heterocycles. The standard InChI is InChI=1S/C10H16N.C7H10N.2C5H7.2Ru/c1-4-8-7-11-10(6-3)9(8)5-2;1-5-4-8-7(3)6(5)2;2*1-3-5-4-2;;/h11H,4-6H2,1-3H3;8H,1-3H3;2*1,3-5H,2H3;;/q4*-1;2*+2. The van der Waals surface area contributed by atoms with Crippen LogP contribution < -0.4 is 0 Å². The Morgan fingerprint density at radius 1 is 0.774 bits per heavy atom. The van der Waals surface area contributed by atoms with Gasteiger partial charge < -0.3 is 9.97 Å². The van der Waals surface area contributed by atoms with Gasteiger partial charge in [0.1, 0.15) is 0 Å². The van der Waals surface area contributed by atoms with Crippen LogP contribution in [-0.2, 0) is 58.2 Å². The quantitative estimate of drug-likeness (QED) is 0.206. The fourth-order valence-corrected chi connectivity index (χ4v) is 2.39. The molecule has 0 aliphatic carbocycles. The van der Waals surface area contributed by atoms with Crippen LogP contribution >= 0.6 is 0 Å². The maximum atomic E-state index is 4.93. The van der Waals surface area contributed by atoms with Crippen LogP contribution in [0.15, 0.2) is 36.5 Å². The van der Waals surface area contributed by atoms with E-state index in [1.807, 2.05) is 26.0 Å². The predicted molar refractivity (Wildman–Crippen MR) is 129 cm³/mol. The van der Waals surface area contributed by atoms with Crippen molar-refractivity contribution in [2.75, 3.05) is 0 Å². The summed E-state index contributed by atoms with van der Waals surface area (Å²) in [6.07, 6.45) is 19.8. The van der Waals surface area contributed by atoms with Crippen molar-refractivity contribution in [2.45, 2.75) is 74.7 Å². The molecule has 0 fully saturated rings. The van der Waals surface area contributed by atoms with Gasteiger partial charge in [-0.2, -0.15) is 34.4 Å². The van der Waals surface area contributed by atoms with Gasteiger partial charge in [-0.1, -0.05) is 74.7 Å². The number of aromatic amines is 2. The van der Waals surface area contributed by atoms with Gasteiger partial charge in [-0.05, 0) is 0 Å². The topological polar surface area (TPSA) is 31.6 Å². The van der Waals surface area contributed by atoms with Crippen molar-refractivity contribution in [1.29, 1.82) is 0 Å². The average molecular weight is 595 g/mol. The maximum absolute atomic E-state index is 4.93. The van der Waals surface area contributed by atoms with Crippen LogP contribution in [0.5, 0.6) is 0 Å². The second-order valence-corrected chi connectivity index (χ2v) is 6.31. The van der Waals surface area contributed by atoms with Crippen molar-refractivity contribution in [3.8, 4) is 0 Å². The van der Waals surface area contributed by atoms with E-state index in [2.05, 4.69) is 63.9 Å². The molecule has 0 aromatic carbocycles. The van der Waals surface area contributed by atoms with Crippen LogP contribution in [0.3, 0.4) is 0 Å². The van der Waals surface area contributed by atoms with Crippen LogP contribution in [0.4, 0.5) is 0 Å². The third-order valence-electron chi connectivity index (χ3n) is 4.32. The summed E-state index contributed by atoms with van der Waals surface area (Å²) in [4.78, 5) is 6.21. The molecule has 174 valence electrons. The van der Waals surface area contributed by atoms with Gasteiger partial charge in [-0.3, -0.25) is 13.2 Å². The molecule has 0 aliphatic rings. The van der Waals surface area contributed by atoms with Gasteiger partial charge in [0.25, 0.3) is 0 Å². The van der Waals surface area contributed by atoms with Gasteiger partial charge in [0.15, 0.2) is 0 Å². The van der Waals surface area contributed by atoms with E-state index < -0.39 is 0 Å². The number of hydrogen-bond donors (Lipinski definition) is 2. The number of aryl methyl sites for hydroxylation is 4. The third kappa shape index (κ3) is 17.1. The molecule has 2 rings (SSSR count). The number of allylic oxidation sites excluding steroid dienone is 6. The number of H-pyrrole nitrogens is 2. The van der Waals surface area contributed by atoms with Crippen molar-refractivity contribution in [3.63, 3.8) is 0 Å². The number of rotatable bonds is 5. The minimum absolute atomic E-state index is 0. The SMILES string of the molecule is CCc1[c-][nH]c(CC)c1CC.Cc1[c-][nH]c(C)c1C.[CH-]=CC=CC.[CH-]=CC=CC.[Ru+2].[Ru+2]. The Balaban J connectivity index is -0.000000163. The third-order valence-corrected chi connectivity index (χ3v) is 4.32. The molecule has 2 heterocycles. The molecule has 0 amide bonds. The van der Waals surface area contributed by atoms with E-state index >= 15 is 0 Å². The minimum atomic E-state index is 0. The number of nitrogens with one attached hydrogen (secondary N) is 2. The zero-order chi connectivity index (χ0) is 22.7. The van der Waals surface area contributed by atoms with Crippen molar-refractivity contribution < 1.29 is 39.0 Å². The molecule has 2 N–H and O–H groups in total. The van der Waals surface area contributed by atoms with E-state index in [0.717, 1.165) is 19.3 Å². The van der Waals surface area contributed by atoms with Crippen LogP contribution in [0, 0.1) is 46.3 Å². The molecule has 2 aromatic heterocycles. The largest absolute Gasteiger partial charge is 2.00 e. The summed E-state index contributed by atoms with van der Waals surface area (Å²) in [6, 6.07) is 0. The second-order valence-electron chi connectivity index (χ2n) is 6.31. The van der Waals surface area contributed by atoms with Crippen LogP contribution in [0.2, 0.25) is 0 Å². The molecule has 0 spiro atoms. The summed E-state index contributed by atoms with van der Waals surface area (Å²) >= 11 is 0. The Hall–Kier alpha value is -1.23. The van der Waals surface area contributed by atoms with Crippen molar-refractivity contribution in [3.05, 3.63) is 95.6 Å². The number of aromatic nitrogens is 2. The van der Waals surface area contributed by atoms with Gasteiger partial charge in [-0.15, -0.1) is 23.8 Å². The normalized spacial score (nSPS) is 9.16. The van der Waals surface area contributed by atoms with E-state index in [1.54, 1.807) is 12.2 Å². The second kappa shape index (κ2) is 25.0. The summed E-state index contributed by atoms with van der Waals surface area (Å²) in [5.74, 6) is 0. The summed E-state index contributed by atoms with van der Waals surface area (Å²) in [5, 5.41) is 0. The van der Waals surface area contributed by atoms with E-state index in [-0.39, 0.29) is 39.0 Å². The Morgan fingerprint density at radius 2 is 1.29 bits per heavy atom. The first kappa shape index (κ1) is 37.1. The van der Waals surface area contributed by atoms with Gasteiger partial charge in [0.05, 0.1) is 0 Å². The van der Waals surface area contributed by atoms with Crippen LogP contribution in [-0.4, -0.2) is 9.97 Å². The molecule has 2 nitrogen and oxygen atoms in total. The van der Waals surface area contributed by atoms with E-state index in [0.29, 0.717) is 0 Å². The van der Waals surface area contributed by atoms with E-state index in [1.165, 1.54) is 45.8 Å². The first-order chi connectivity index (χ1) is 13.9. The Kier molecular flexibility index (Phi) is 30.0. The minimum Gasteiger partial charge on any atom is -0.481 e. The fourth-order valence-electron chi connectivity index (χ4n) is 2.39. The van der Waals surface area contributed by atoms with Gasteiger partial charge in [0.2, 0.25) is 0 Å². The van der Waals surface area contributed by atoms with Gasteiger partial charge >= 0.3 is 39.0 Å². The first-order valence-corrected chi connectivity index (χ1v) is 10.3. The molecule has 0 saturated heterocycles. The molecule has 0 atom stereocenters. The summed E-state index contributed by atoms with van der Waals surface area (Å²) in [6.45, 7) is 26.5. The molecule has 0 unspecified atom stereocenters. The van der Waals surface area contributed by atoms with E-state index in [9.17, 15) is 0 Å². The van der Waals surface area contributed by atoms with E-state index in [4.69, 9.17) is 13.2 Å². The molecule has 4 heteroatoms. The van der Waals surface area contributed by atoms with Crippen molar-refractivity contribution in [1.82, 2.24) is 9.97 Å². The fraction of sp³-hybridized carbons (Fsp3) is 0.407. The molecule has 0 radical (unpaired) electrons. The Labute approximate surface area is 218 Å². The summed E-state index contributed by atoms with van der Waals surface area (Å²) < 4.78 is 0. The zero-order valence-electron chi connectivity index (χ0n) is 20.4. The van der Waals surface area contributed by atoms with Gasteiger partial charge in [-0.25, -0.2) is 24.3 Å². The summed E-state index contributed by atoms with van der Waals surface area (Å²) in [5.41, 5.74) is 7.98. The average Bonchev–Trinajstić information content (AvgIpc) is 3.28. The molecular formula is C27H40N2Ru2.